The number of para-hydroxylation sites is 2. The van der Waals surface area contributed by atoms with Crippen LogP contribution in [0.25, 0.3) is 0 Å². The largest absolute Gasteiger partial charge is 0.484 e. The highest BCUT2D eigenvalue weighted by molar-refractivity contribution is 5.75. The Morgan fingerprint density at radius 1 is 0.821 bits per heavy atom. The summed E-state index contributed by atoms with van der Waals surface area (Å²) in [6.07, 6.45) is 0.0787. The van der Waals surface area contributed by atoms with Crippen molar-refractivity contribution < 1.29 is 9.53 Å². The Morgan fingerprint density at radius 2 is 1.32 bits per heavy atom. The van der Waals surface area contributed by atoms with E-state index >= 15 is 0 Å². The molecule has 0 atom stereocenters. The van der Waals surface area contributed by atoms with Gasteiger partial charge in [0, 0.05) is 24.5 Å². The Bertz CT molecular complexity index is 866. The van der Waals surface area contributed by atoms with Crippen LogP contribution in [0, 0.1) is 0 Å². The predicted octanol–water partition coefficient (Wildman–Crippen LogP) is 3.58. The molecule has 0 saturated carbocycles. The molecule has 0 aromatic heterocycles. The van der Waals surface area contributed by atoms with Gasteiger partial charge in [-0.25, -0.2) is 0 Å². The number of amides is 1. The number of rotatable bonds is 6. The molecule has 5 heteroatoms. The summed E-state index contributed by atoms with van der Waals surface area (Å²) < 4.78 is 5.41. The molecule has 0 aliphatic carbocycles. The molecular weight excluding hydrogens is 350 g/mol. The van der Waals surface area contributed by atoms with Gasteiger partial charge in [-0.15, -0.1) is 0 Å². The van der Waals surface area contributed by atoms with Gasteiger partial charge in [0.2, 0.25) is 0 Å². The third-order valence-corrected chi connectivity index (χ3v) is 4.91. The molecule has 0 radical (unpaired) electrons. The number of nitrogens with two attached hydrogens (primary N) is 1. The second-order valence-electron chi connectivity index (χ2n) is 6.76. The molecule has 142 valence electrons. The summed E-state index contributed by atoms with van der Waals surface area (Å²) in [5.74, 6) is 0.156. The zero-order valence-corrected chi connectivity index (χ0v) is 15.6. The monoisotopic (exact) mass is 373 g/mol. The van der Waals surface area contributed by atoms with Crippen molar-refractivity contribution in [2.24, 2.45) is 5.73 Å². The van der Waals surface area contributed by atoms with Crippen molar-refractivity contribution >= 4 is 17.3 Å². The van der Waals surface area contributed by atoms with E-state index in [1.807, 2.05) is 24.3 Å². The van der Waals surface area contributed by atoms with Gasteiger partial charge in [0.05, 0.1) is 0 Å². The lowest BCUT2D eigenvalue weighted by atomic mass is 10.1. The first-order chi connectivity index (χ1) is 13.7. The summed E-state index contributed by atoms with van der Waals surface area (Å²) in [5, 5.41) is 0. The zero-order valence-electron chi connectivity index (χ0n) is 15.6. The van der Waals surface area contributed by atoms with Crippen molar-refractivity contribution in [3.05, 3.63) is 90.5 Å². The van der Waals surface area contributed by atoms with Gasteiger partial charge in [0.1, 0.15) is 11.9 Å². The van der Waals surface area contributed by atoms with Gasteiger partial charge in [-0.2, -0.15) is 0 Å². The van der Waals surface area contributed by atoms with Gasteiger partial charge >= 0.3 is 0 Å². The molecule has 1 fully saturated rings. The molecule has 0 unspecified atom stereocenters. The Balaban J connectivity index is 1.66. The summed E-state index contributed by atoms with van der Waals surface area (Å²) in [6.45, 7) is 1.75. The van der Waals surface area contributed by atoms with Gasteiger partial charge in [-0.3, -0.25) is 4.79 Å². The molecular formula is C23H23N3O2. The topological polar surface area (TPSA) is 58.8 Å². The minimum atomic E-state index is -0.481. The standard InChI is InChI=1S/C23H23N3O2/c24-22(27)17-28-21-13-11-18(12-14-21)23-25(19-7-3-1-4-8-19)15-16-26(23)20-9-5-2-6-10-20/h1-14,23H,15-17H2,(H2,24,27). The number of hydrogen-bond donors (Lipinski definition) is 1. The van der Waals surface area contributed by atoms with Crippen molar-refractivity contribution in [2.75, 3.05) is 29.5 Å². The van der Waals surface area contributed by atoms with Crippen LogP contribution in [0.4, 0.5) is 11.4 Å². The second-order valence-corrected chi connectivity index (χ2v) is 6.76. The van der Waals surface area contributed by atoms with Crippen LogP contribution in [0.1, 0.15) is 11.7 Å². The molecule has 2 N–H and O–H groups in total. The fourth-order valence-corrected chi connectivity index (χ4v) is 3.66. The van der Waals surface area contributed by atoms with E-state index in [-0.39, 0.29) is 12.8 Å². The van der Waals surface area contributed by atoms with Gasteiger partial charge < -0.3 is 20.3 Å². The van der Waals surface area contributed by atoms with Crippen molar-refractivity contribution in [3.8, 4) is 5.75 Å². The summed E-state index contributed by atoms with van der Waals surface area (Å²) in [5.41, 5.74) is 8.71. The highest BCUT2D eigenvalue weighted by Crippen LogP contribution is 2.37. The van der Waals surface area contributed by atoms with E-state index in [0.717, 1.165) is 18.7 Å². The normalized spacial score (nSPS) is 14.3. The van der Waals surface area contributed by atoms with Gasteiger partial charge in [-0.1, -0.05) is 48.5 Å². The minimum Gasteiger partial charge on any atom is -0.484 e. The average Bonchev–Trinajstić information content (AvgIpc) is 3.19. The number of nitrogens with zero attached hydrogens (tertiary/aromatic N) is 2. The summed E-state index contributed by atoms with van der Waals surface area (Å²) >= 11 is 0. The SMILES string of the molecule is NC(=O)COc1ccc(C2N(c3ccccc3)CCN2c2ccccc2)cc1. The molecule has 3 aromatic rings. The molecule has 1 saturated heterocycles. The van der Waals surface area contributed by atoms with E-state index in [0.29, 0.717) is 5.75 Å². The van der Waals surface area contributed by atoms with E-state index in [1.165, 1.54) is 11.4 Å². The van der Waals surface area contributed by atoms with E-state index in [2.05, 4.69) is 70.5 Å². The number of hydrogen-bond acceptors (Lipinski definition) is 4. The first-order valence-electron chi connectivity index (χ1n) is 9.37. The molecule has 0 spiro atoms. The van der Waals surface area contributed by atoms with Crippen LogP contribution < -0.4 is 20.3 Å². The molecule has 28 heavy (non-hydrogen) atoms. The Labute approximate surface area is 164 Å². The van der Waals surface area contributed by atoms with Gasteiger partial charge in [0.15, 0.2) is 6.61 Å². The van der Waals surface area contributed by atoms with Crippen LogP contribution in [0.15, 0.2) is 84.9 Å². The highest BCUT2D eigenvalue weighted by Gasteiger charge is 2.33. The maximum atomic E-state index is 10.9. The molecule has 5 nitrogen and oxygen atoms in total. The van der Waals surface area contributed by atoms with Crippen LogP contribution in [-0.4, -0.2) is 25.6 Å². The van der Waals surface area contributed by atoms with Crippen molar-refractivity contribution in [1.82, 2.24) is 0 Å². The Morgan fingerprint density at radius 3 is 1.79 bits per heavy atom. The summed E-state index contributed by atoms with van der Waals surface area (Å²) in [7, 11) is 0. The number of ether oxygens (including phenoxy) is 1. The van der Waals surface area contributed by atoms with Crippen molar-refractivity contribution in [3.63, 3.8) is 0 Å². The fourth-order valence-electron chi connectivity index (χ4n) is 3.66. The Kier molecular flexibility index (Phi) is 5.15. The molecule has 1 heterocycles. The number of primary amides is 1. The van der Waals surface area contributed by atoms with E-state index in [1.54, 1.807) is 0 Å². The zero-order chi connectivity index (χ0) is 19.3. The first kappa shape index (κ1) is 17.9. The van der Waals surface area contributed by atoms with Crippen LogP contribution >= 0.6 is 0 Å². The van der Waals surface area contributed by atoms with Crippen LogP contribution in [0.3, 0.4) is 0 Å². The second kappa shape index (κ2) is 8.05. The number of carbonyl (C=O) groups excluding carboxylic acids is 1. The lowest BCUT2D eigenvalue weighted by molar-refractivity contribution is -0.119. The molecule has 1 aliphatic heterocycles. The van der Waals surface area contributed by atoms with Crippen LogP contribution in [0.2, 0.25) is 0 Å². The number of anilines is 2. The van der Waals surface area contributed by atoms with Gasteiger partial charge in [0.25, 0.3) is 5.91 Å². The number of benzene rings is 3. The third-order valence-electron chi connectivity index (χ3n) is 4.91. The van der Waals surface area contributed by atoms with E-state index < -0.39 is 5.91 Å². The van der Waals surface area contributed by atoms with Crippen LogP contribution in [-0.2, 0) is 4.79 Å². The van der Waals surface area contributed by atoms with Crippen molar-refractivity contribution in [1.29, 1.82) is 0 Å². The lowest BCUT2D eigenvalue weighted by Crippen LogP contribution is -2.30. The average molecular weight is 373 g/mol. The lowest BCUT2D eigenvalue weighted by Gasteiger charge is -2.33. The third kappa shape index (κ3) is 3.78. The summed E-state index contributed by atoms with van der Waals surface area (Å²) in [6, 6.07) is 28.8. The Hall–Kier alpha value is -3.47. The number of carbonyl (C=O) groups is 1. The molecule has 1 aliphatic rings. The molecule has 1 amide bonds. The maximum Gasteiger partial charge on any atom is 0.255 e. The quantitative estimate of drug-likeness (QED) is 0.718. The highest BCUT2D eigenvalue weighted by atomic mass is 16.5. The maximum absolute atomic E-state index is 10.9. The van der Waals surface area contributed by atoms with Gasteiger partial charge in [-0.05, 0) is 42.0 Å². The molecule has 0 bridgehead atoms. The fraction of sp³-hybridized carbons (Fsp3) is 0.174. The van der Waals surface area contributed by atoms with E-state index in [9.17, 15) is 4.79 Å². The predicted molar refractivity (Wildman–Crippen MR) is 111 cm³/mol. The van der Waals surface area contributed by atoms with Crippen molar-refractivity contribution in [2.45, 2.75) is 6.17 Å². The minimum absolute atomic E-state index is 0.0787. The molecule has 3 aromatic carbocycles. The molecule has 4 rings (SSSR count). The van der Waals surface area contributed by atoms with E-state index in [4.69, 9.17) is 10.5 Å². The summed E-state index contributed by atoms with van der Waals surface area (Å²) in [4.78, 5) is 15.8. The smallest absolute Gasteiger partial charge is 0.255 e. The van der Waals surface area contributed by atoms with Crippen LogP contribution in [0.5, 0.6) is 5.75 Å². The first-order valence-corrected chi connectivity index (χ1v) is 9.37.